The van der Waals surface area contributed by atoms with Gasteiger partial charge in [0.15, 0.2) is 0 Å². The smallest absolute Gasteiger partial charge is 0.228 e. The number of carbonyl (C=O) groups is 1. The molecule has 3 heterocycles. The van der Waals surface area contributed by atoms with E-state index in [0.717, 1.165) is 55.3 Å². The molecule has 0 aliphatic carbocycles. The van der Waals surface area contributed by atoms with Gasteiger partial charge in [0, 0.05) is 49.5 Å². The molecule has 4 aromatic rings. The Hall–Kier alpha value is -3.15. The minimum absolute atomic E-state index is 0.144. The van der Waals surface area contributed by atoms with Gasteiger partial charge in [-0.15, -0.1) is 0 Å². The van der Waals surface area contributed by atoms with Crippen LogP contribution >= 0.6 is 11.6 Å². The van der Waals surface area contributed by atoms with Crippen molar-refractivity contribution in [3.8, 4) is 11.3 Å². The third-order valence-corrected chi connectivity index (χ3v) is 6.29. The van der Waals surface area contributed by atoms with Crippen LogP contribution in [-0.4, -0.2) is 51.3 Å². The highest BCUT2D eigenvalue weighted by Gasteiger charge is 2.24. The quantitative estimate of drug-likeness (QED) is 0.453. The fourth-order valence-electron chi connectivity index (χ4n) is 4.31. The summed E-state index contributed by atoms with van der Waals surface area (Å²) in [5, 5.41) is 0.684. The van der Waals surface area contributed by atoms with Crippen molar-refractivity contribution in [3.63, 3.8) is 0 Å². The molecule has 2 aromatic heterocycles. The number of rotatable bonds is 5. The van der Waals surface area contributed by atoms with Crippen LogP contribution < -0.4 is 0 Å². The van der Waals surface area contributed by atoms with Crippen molar-refractivity contribution in [3.05, 3.63) is 95.3 Å². The summed E-state index contributed by atoms with van der Waals surface area (Å²) in [6.07, 6.45) is 2.30. The lowest BCUT2D eigenvalue weighted by molar-refractivity contribution is -0.132. The molecular formula is C26H25ClN4O. The Bertz CT molecular complexity index is 1210. The maximum Gasteiger partial charge on any atom is 0.228 e. The maximum atomic E-state index is 13.3. The van der Waals surface area contributed by atoms with Gasteiger partial charge in [-0.1, -0.05) is 60.1 Å². The number of amides is 1. The van der Waals surface area contributed by atoms with Gasteiger partial charge in [-0.2, -0.15) is 0 Å². The summed E-state index contributed by atoms with van der Waals surface area (Å²) in [5.41, 5.74) is 4.87. The van der Waals surface area contributed by atoms with Gasteiger partial charge in [0.1, 0.15) is 5.65 Å². The molecule has 5 rings (SSSR count). The van der Waals surface area contributed by atoms with Crippen LogP contribution in [0.5, 0.6) is 0 Å². The lowest BCUT2D eigenvalue weighted by atomic mass is 10.1. The molecule has 1 aliphatic rings. The number of pyridine rings is 1. The summed E-state index contributed by atoms with van der Waals surface area (Å²) >= 11 is 6.08. The molecule has 0 radical (unpaired) electrons. The fraction of sp³-hybridized carbons (Fsp3) is 0.231. The van der Waals surface area contributed by atoms with E-state index in [1.165, 1.54) is 5.56 Å². The van der Waals surface area contributed by atoms with Crippen LogP contribution in [-0.2, 0) is 17.8 Å². The zero-order valence-electron chi connectivity index (χ0n) is 17.8. The number of benzene rings is 2. The highest BCUT2D eigenvalue weighted by atomic mass is 35.5. The summed E-state index contributed by atoms with van der Waals surface area (Å²) in [6.45, 7) is 4.20. The molecule has 0 spiro atoms. The van der Waals surface area contributed by atoms with E-state index in [1.54, 1.807) is 0 Å². The third kappa shape index (κ3) is 4.40. The van der Waals surface area contributed by atoms with Crippen molar-refractivity contribution < 1.29 is 4.79 Å². The van der Waals surface area contributed by atoms with Crippen molar-refractivity contribution in [1.82, 2.24) is 19.2 Å². The summed E-state index contributed by atoms with van der Waals surface area (Å²) in [6, 6.07) is 24.0. The Kier molecular flexibility index (Phi) is 5.93. The molecule has 162 valence electrons. The van der Waals surface area contributed by atoms with E-state index in [1.807, 2.05) is 64.0 Å². The first-order valence-corrected chi connectivity index (χ1v) is 11.3. The van der Waals surface area contributed by atoms with E-state index >= 15 is 0 Å². The summed E-state index contributed by atoms with van der Waals surface area (Å²) < 4.78 is 2.02. The first-order chi connectivity index (χ1) is 15.7. The Balaban J connectivity index is 1.32. The van der Waals surface area contributed by atoms with Gasteiger partial charge in [0.05, 0.1) is 17.8 Å². The van der Waals surface area contributed by atoms with Crippen LogP contribution in [0.25, 0.3) is 16.9 Å². The molecule has 1 amide bonds. The van der Waals surface area contributed by atoms with Crippen LogP contribution in [0.2, 0.25) is 5.02 Å². The number of aromatic nitrogens is 2. The van der Waals surface area contributed by atoms with E-state index < -0.39 is 0 Å². The summed E-state index contributed by atoms with van der Waals surface area (Å²) in [4.78, 5) is 22.5. The van der Waals surface area contributed by atoms with Gasteiger partial charge in [-0.05, 0) is 29.8 Å². The van der Waals surface area contributed by atoms with E-state index in [-0.39, 0.29) is 5.91 Å². The lowest BCUT2D eigenvalue weighted by Gasteiger charge is -2.34. The third-order valence-electron chi connectivity index (χ3n) is 6.04. The van der Waals surface area contributed by atoms with Crippen molar-refractivity contribution in [1.29, 1.82) is 0 Å². The van der Waals surface area contributed by atoms with Crippen LogP contribution in [0, 0.1) is 0 Å². The molecule has 5 nitrogen and oxygen atoms in total. The van der Waals surface area contributed by atoms with E-state index in [2.05, 4.69) is 29.2 Å². The van der Waals surface area contributed by atoms with Crippen LogP contribution in [0.15, 0.2) is 79.0 Å². The molecule has 2 aromatic carbocycles. The molecule has 6 heteroatoms. The zero-order valence-corrected chi connectivity index (χ0v) is 18.6. The highest BCUT2D eigenvalue weighted by Crippen LogP contribution is 2.27. The van der Waals surface area contributed by atoms with E-state index in [9.17, 15) is 4.79 Å². The number of piperazine rings is 1. The van der Waals surface area contributed by atoms with E-state index in [4.69, 9.17) is 16.6 Å². The first kappa shape index (κ1) is 20.7. The number of halogens is 1. The molecule has 0 bridgehead atoms. The van der Waals surface area contributed by atoms with Crippen LogP contribution in [0.3, 0.4) is 0 Å². The summed E-state index contributed by atoms with van der Waals surface area (Å²) in [5.74, 6) is 0.144. The molecule has 32 heavy (non-hydrogen) atoms. The van der Waals surface area contributed by atoms with Gasteiger partial charge in [-0.3, -0.25) is 9.69 Å². The van der Waals surface area contributed by atoms with E-state index in [0.29, 0.717) is 11.4 Å². The standard InChI is InChI=1S/C26H25ClN4O/c27-22-11-9-21(10-12-22)26-23(31-13-5-4-8-24(31)28-26)18-25(32)30-16-14-29(15-17-30)19-20-6-2-1-3-7-20/h1-13H,14-19H2. The van der Waals surface area contributed by atoms with Crippen LogP contribution in [0.1, 0.15) is 11.3 Å². The normalized spacial score (nSPS) is 14.7. The molecule has 0 unspecified atom stereocenters. The average Bonchev–Trinajstić information content (AvgIpc) is 3.19. The van der Waals surface area contributed by atoms with Gasteiger partial charge in [0.2, 0.25) is 5.91 Å². The molecule has 1 fully saturated rings. The fourth-order valence-corrected chi connectivity index (χ4v) is 4.43. The van der Waals surface area contributed by atoms with Gasteiger partial charge < -0.3 is 9.30 Å². The monoisotopic (exact) mass is 444 g/mol. The Morgan fingerprint density at radius 2 is 1.59 bits per heavy atom. The molecule has 0 atom stereocenters. The van der Waals surface area contributed by atoms with Crippen LogP contribution in [0.4, 0.5) is 0 Å². The first-order valence-electron chi connectivity index (χ1n) is 10.9. The van der Waals surface area contributed by atoms with Crippen molar-refractivity contribution in [2.24, 2.45) is 0 Å². The predicted octanol–water partition coefficient (Wildman–Crippen LogP) is 4.54. The summed E-state index contributed by atoms with van der Waals surface area (Å²) in [7, 11) is 0. The number of hydrogen-bond donors (Lipinski definition) is 0. The highest BCUT2D eigenvalue weighted by molar-refractivity contribution is 6.30. The second kappa shape index (κ2) is 9.15. The predicted molar refractivity (Wildman–Crippen MR) is 128 cm³/mol. The molecule has 0 saturated carbocycles. The number of imidazole rings is 1. The van der Waals surface area contributed by atoms with Crippen molar-refractivity contribution in [2.45, 2.75) is 13.0 Å². The number of nitrogens with zero attached hydrogens (tertiary/aromatic N) is 4. The second-order valence-electron chi connectivity index (χ2n) is 8.16. The number of hydrogen-bond acceptors (Lipinski definition) is 3. The van der Waals surface area contributed by atoms with Gasteiger partial charge in [0.25, 0.3) is 0 Å². The van der Waals surface area contributed by atoms with Crippen molar-refractivity contribution >= 4 is 23.2 Å². The molecule has 1 aliphatic heterocycles. The Morgan fingerprint density at radius 1 is 0.875 bits per heavy atom. The Morgan fingerprint density at radius 3 is 2.34 bits per heavy atom. The topological polar surface area (TPSA) is 40.9 Å². The average molecular weight is 445 g/mol. The largest absolute Gasteiger partial charge is 0.340 e. The van der Waals surface area contributed by atoms with Gasteiger partial charge >= 0.3 is 0 Å². The lowest BCUT2D eigenvalue weighted by Crippen LogP contribution is -2.48. The van der Waals surface area contributed by atoms with Gasteiger partial charge in [-0.25, -0.2) is 4.98 Å². The number of carbonyl (C=O) groups excluding carboxylic acids is 1. The minimum atomic E-state index is 0.144. The molecular weight excluding hydrogens is 420 g/mol. The van der Waals surface area contributed by atoms with Crippen molar-refractivity contribution in [2.75, 3.05) is 26.2 Å². The molecule has 1 saturated heterocycles. The molecule has 0 N–H and O–H groups in total. The maximum absolute atomic E-state index is 13.3. The minimum Gasteiger partial charge on any atom is -0.340 e. The zero-order chi connectivity index (χ0) is 21.9. The SMILES string of the molecule is O=C(Cc1c(-c2ccc(Cl)cc2)nc2ccccn12)N1CCN(Cc2ccccc2)CC1. The number of fused-ring (bicyclic) bond motifs is 1. The second-order valence-corrected chi connectivity index (χ2v) is 8.60. The Labute approximate surface area is 192 Å².